The number of hydrogen-bond acceptors (Lipinski definition) is 4. The lowest BCUT2D eigenvalue weighted by Gasteiger charge is -2.29. The zero-order chi connectivity index (χ0) is 9.45. The second-order valence-corrected chi connectivity index (χ2v) is 3.02. The maximum Gasteiger partial charge on any atom is 0.0645 e. The number of aliphatic hydroxyl groups is 2. The number of nitrogens with two attached hydrogens (primary N) is 1. The topological polar surface area (TPSA) is 78.5 Å². The van der Waals surface area contributed by atoms with E-state index >= 15 is 0 Å². The van der Waals surface area contributed by atoms with Crippen LogP contribution in [-0.2, 0) is 0 Å². The van der Waals surface area contributed by atoms with Crippen molar-refractivity contribution >= 4 is 0 Å². The summed E-state index contributed by atoms with van der Waals surface area (Å²) < 4.78 is 0. The predicted octanol–water partition coefficient (Wildman–Crippen LogP) is -0.942. The Balaban J connectivity index is 3.76. The minimum absolute atomic E-state index is 0.0371. The highest BCUT2D eigenvalue weighted by Gasteiger charge is 2.24. The largest absolute Gasteiger partial charge is 0.394 e. The molecule has 5 N–H and O–H groups in total. The molecule has 0 saturated carbocycles. The van der Waals surface area contributed by atoms with Gasteiger partial charge in [0.05, 0.1) is 18.8 Å². The highest BCUT2D eigenvalue weighted by molar-refractivity contribution is 4.85. The van der Waals surface area contributed by atoms with Gasteiger partial charge in [0.15, 0.2) is 0 Å². The fourth-order valence-corrected chi connectivity index (χ4v) is 0.966. The Morgan fingerprint density at radius 2 is 1.92 bits per heavy atom. The van der Waals surface area contributed by atoms with Gasteiger partial charge in [-0.3, -0.25) is 0 Å². The van der Waals surface area contributed by atoms with Crippen molar-refractivity contribution in [3.63, 3.8) is 0 Å². The zero-order valence-corrected chi connectivity index (χ0v) is 7.71. The lowest BCUT2D eigenvalue weighted by atomic mass is 9.98. The van der Waals surface area contributed by atoms with E-state index in [1.165, 1.54) is 0 Å². The first-order chi connectivity index (χ1) is 5.74. The Hall–Kier alpha value is -0.160. The summed E-state index contributed by atoms with van der Waals surface area (Å²) in [6, 6.07) is 0. The Kier molecular flexibility index (Phi) is 6.28. The molecule has 0 heterocycles. The zero-order valence-electron chi connectivity index (χ0n) is 7.71. The highest BCUT2D eigenvalue weighted by Crippen LogP contribution is 2.07. The van der Waals surface area contributed by atoms with Crippen LogP contribution in [0.5, 0.6) is 0 Å². The molecule has 0 atom stereocenters. The van der Waals surface area contributed by atoms with Gasteiger partial charge in [0, 0.05) is 0 Å². The van der Waals surface area contributed by atoms with E-state index in [1.807, 2.05) is 6.92 Å². The van der Waals surface area contributed by atoms with Crippen LogP contribution >= 0.6 is 0 Å². The lowest BCUT2D eigenvalue weighted by Crippen LogP contribution is -2.51. The van der Waals surface area contributed by atoms with Gasteiger partial charge >= 0.3 is 0 Å². The summed E-state index contributed by atoms with van der Waals surface area (Å²) in [5.74, 6) is 0. The Morgan fingerprint density at radius 3 is 2.25 bits per heavy atom. The van der Waals surface area contributed by atoms with Gasteiger partial charge in [0.25, 0.3) is 0 Å². The first-order valence-electron chi connectivity index (χ1n) is 4.41. The van der Waals surface area contributed by atoms with E-state index in [0.717, 1.165) is 13.0 Å². The second kappa shape index (κ2) is 6.37. The number of nitrogens with one attached hydrogen (secondary N) is 1. The molecule has 0 amide bonds. The number of hydrogen-bond donors (Lipinski definition) is 4. The molecule has 0 aliphatic rings. The Bertz CT molecular complexity index is 97.0. The van der Waals surface area contributed by atoms with E-state index in [2.05, 4.69) is 5.32 Å². The summed E-state index contributed by atoms with van der Waals surface area (Å²) in [5.41, 5.74) is 4.80. The first kappa shape index (κ1) is 11.8. The van der Waals surface area contributed by atoms with Gasteiger partial charge in [-0.15, -0.1) is 0 Å². The minimum Gasteiger partial charge on any atom is -0.394 e. The lowest BCUT2D eigenvalue weighted by molar-refractivity contribution is 0.0879. The summed E-state index contributed by atoms with van der Waals surface area (Å²) >= 11 is 0. The Morgan fingerprint density at radius 1 is 1.33 bits per heavy atom. The minimum atomic E-state index is -0.519. The van der Waals surface area contributed by atoms with Crippen LogP contribution in [0.3, 0.4) is 0 Å². The van der Waals surface area contributed by atoms with Crippen LogP contribution in [0.1, 0.15) is 19.8 Å². The fraction of sp³-hybridized carbons (Fsp3) is 1.00. The SMILES string of the molecule is CCC(CO)(CO)NCCCN. The van der Waals surface area contributed by atoms with Crippen molar-refractivity contribution in [2.45, 2.75) is 25.3 Å². The average molecular weight is 176 g/mol. The van der Waals surface area contributed by atoms with Gasteiger partial charge in [-0.05, 0) is 25.9 Å². The molecule has 12 heavy (non-hydrogen) atoms. The van der Waals surface area contributed by atoms with E-state index in [9.17, 15) is 0 Å². The summed E-state index contributed by atoms with van der Waals surface area (Å²) in [5, 5.41) is 21.1. The monoisotopic (exact) mass is 176 g/mol. The van der Waals surface area contributed by atoms with Gasteiger partial charge in [-0.1, -0.05) is 6.92 Å². The molecule has 0 rings (SSSR count). The van der Waals surface area contributed by atoms with Crippen molar-refractivity contribution in [2.75, 3.05) is 26.3 Å². The maximum absolute atomic E-state index is 9.02. The molecule has 0 fully saturated rings. The molecule has 0 aliphatic heterocycles. The van der Waals surface area contributed by atoms with Crippen LogP contribution in [0.4, 0.5) is 0 Å². The van der Waals surface area contributed by atoms with Crippen molar-refractivity contribution in [3.05, 3.63) is 0 Å². The van der Waals surface area contributed by atoms with Gasteiger partial charge in [0.1, 0.15) is 0 Å². The van der Waals surface area contributed by atoms with E-state index in [1.54, 1.807) is 0 Å². The van der Waals surface area contributed by atoms with Crippen LogP contribution in [0, 0.1) is 0 Å². The molecular formula is C8H20N2O2. The van der Waals surface area contributed by atoms with E-state index < -0.39 is 5.54 Å². The predicted molar refractivity (Wildman–Crippen MR) is 48.9 cm³/mol. The molecule has 0 aliphatic carbocycles. The third-order valence-corrected chi connectivity index (χ3v) is 2.16. The van der Waals surface area contributed by atoms with Gasteiger partial charge in [-0.2, -0.15) is 0 Å². The van der Waals surface area contributed by atoms with E-state index in [4.69, 9.17) is 15.9 Å². The Labute approximate surface area is 73.8 Å². The molecule has 4 heteroatoms. The van der Waals surface area contributed by atoms with Crippen LogP contribution in [-0.4, -0.2) is 42.1 Å². The molecule has 4 nitrogen and oxygen atoms in total. The molecule has 0 aromatic heterocycles. The van der Waals surface area contributed by atoms with Crippen LogP contribution in [0.2, 0.25) is 0 Å². The third-order valence-electron chi connectivity index (χ3n) is 2.16. The molecule has 0 spiro atoms. The smallest absolute Gasteiger partial charge is 0.0645 e. The normalized spacial score (nSPS) is 12.0. The molecule has 0 aromatic carbocycles. The quantitative estimate of drug-likeness (QED) is 0.377. The molecule has 0 saturated heterocycles. The number of aliphatic hydroxyl groups excluding tert-OH is 2. The van der Waals surface area contributed by atoms with Crippen LogP contribution in [0.15, 0.2) is 0 Å². The molecule has 0 aromatic rings. The van der Waals surface area contributed by atoms with Gasteiger partial charge < -0.3 is 21.3 Å². The van der Waals surface area contributed by atoms with Crippen molar-refractivity contribution < 1.29 is 10.2 Å². The molecule has 0 radical (unpaired) electrons. The van der Waals surface area contributed by atoms with Crippen LogP contribution in [0.25, 0.3) is 0 Å². The van der Waals surface area contributed by atoms with Crippen molar-refractivity contribution in [1.29, 1.82) is 0 Å². The fourth-order valence-electron chi connectivity index (χ4n) is 0.966. The summed E-state index contributed by atoms with van der Waals surface area (Å²) in [7, 11) is 0. The van der Waals surface area contributed by atoms with Crippen molar-refractivity contribution in [1.82, 2.24) is 5.32 Å². The molecule has 0 bridgehead atoms. The summed E-state index contributed by atoms with van der Waals surface area (Å²) in [6.45, 7) is 3.23. The molecular weight excluding hydrogens is 156 g/mol. The highest BCUT2D eigenvalue weighted by atomic mass is 16.3. The van der Waals surface area contributed by atoms with Crippen molar-refractivity contribution in [2.24, 2.45) is 5.73 Å². The standard InChI is InChI=1S/C8H20N2O2/c1-2-8(6-11,7-12)10-5-3-4-9/h10-12H,2-7,9H2,1H3. The van der Waals surface area contributed by atoms with Gasteiger partial charge in [-0.25, -0.2) is 0 Å². The average Bonchev–Trinajstić information content (AvgIpc) is 2.14. The van der Waals surface area contributed by atoms with Gasteiger partial charge in [0.2, 0.25) is 0 Å². The molecule has 0 unspecified atom stereocenters. The number of rotatable bonds is 7. The summed E-state index contributed by atoms with van der Waals surface area (Å²) in [6.07, 6.45) is 1.58. The first-order valence-corrected chi connectivity index (χ1v) is 4.41. The van der Waals surface area contributed by atoms with Crippen molar-refractivity contribution in [3.8, 4) is 0 Å². The summed E-state index contributed by atoms with van der Waals surface area (Å²) in [4.78, 5) is 0. The second-order valence-electron chi connectivity index (χ2n) is 3.02. The van der Waals surface area contributed by atoms with E-state index in [0.29, 0.717) is 13.0 Å². The van der Waals surface area contributed by atoms with Crippen LogP contribution < -0.4 is 11.1 Å². The van der Waals surface area contributed by atoms with E-state index in [-0.39, 0.29) is 13.2 Å². The maximum atomic E-state index is 9.02. The molecule has 74 valence electrons. The third kappa shape index (κ3) is 3.49.